The second-order valence-electron chi connectivity index (χ2n) is 8.02. The van der Waals surface area contributed by atoms with Gasteiger partial charge in [0, 0.05) is 18.2 Å². The lowest BCUT2D eigenvalue weighted by Gasteiger charge is -2.35. The van der Waals surface area contributed by atoms with E-state index in [1.165, 1.54) is 25.7 Å². The number of carbonyl (C=O) groups excluding carboxylic acids is 1. The highest BCUT2D eigenvalue weighted by atomic mass is 32.2. The van der Waals surface area contributed by atoms with Crippen molar-refractivity contribution in [3.05, 3.63) is 65.7 Å². The molecule has 0 aliphatic carbocycles. The smallest absolute Gasteiger partial charge is 0.251 e. The highest BCUT2D eigenvalue weighted by Crippen LogP contribution is 2.19. The van der Waals surface area contributed by atoms with Crippen molar-refractivity contribution in [1.29, 1.82) is 0 Å². The standard InChI is InChI=1S/C24H32N2O3S/c1-2-3-15-26-16-8-7-12-22(26)18-25-24(27)21-11-9-10-20(17-21)19-30(28,29)23-13-5-4-6-14-23/h4-6,9-11,13-14,17,22H,2-3,7-8,12,15-16,18-19H2,1H3,(H,25,27). The first-order valence-corrected chi connectivity index (χ1v) is 12.5. The Morgan fingerprint density at radius 2 is 1.90 bits per heavy atom. The van der Waals surface area contributed by atoms with Crippen LogP contribution in [0.25, 0.3) is 0 Å². The van der Waals surface area contributed by atoms with Gasteiger partial charge in [0.05, 0.1) is 10.6 Å². The van der Waals surface area contributed by atoms with Gasteiger partial charge in [-0.3, -0.25) is 9.69 Å². The molecule has 1 amide bonds. The SMILES string of the molecule is CCCCN1CCCCC1CNC(=O)c1cccc(CS(=O)(=O)c2ccccc2)c1. The van der Waals surface area contributed by atoms with Crippen LogP contribution in [0.5, 0.6) is 0 Å². The normalized spacial score (nSPS) is 17.6. The molecule has 2 aromatic carbocycles. The lowest BCUT2D eigenvalue weighted by atomic mass is 10.0. The summed E-state index contributed by atoms with van der Waals surface area (Å²) in [5.41, 5.74) is 1.13. The molecular weight excluding hydrogens is 396 g/mol. The van der Waals surface area contributed by atoms with Gasteiger partial charge in [0.2, 0.25) is 0 Å². The Balaban J connectivity index is 1.62. The molecule has 5 nitrogen and oxygen atoms in total. The number of benzene rings is 2. The number of sulfone groups is 1. The fourth-order valence-electron chi connectivity index (χ4n) is 3.99. The first kappa shape index (κ1) is 22.5. The fourth-order valence-corrected chi connectivity index (χ4v) is 5.35. The van der Waals surface area contributed by atoms with Crippen molar-refractivity contribution >= 4 is 15.7 Å². The Bertz CT molecular complexity index is 928. The molecule has 1 aliphatic heterocycles. The number of hydrogen-bond acceptors (Lipinski definition) is 4. The van der Waals surface area contributed by atoms with Crippen LogP contribution < -0.4 is 5.32 Å². The molecule has 1 saturated heterocycles. The van der Waals surface area contributed by atoms with Crippen molar-refractivity contribution in [2.45, 2.75) is 55.7 Å². The minimum Gasteiger partial charge on any atom is -0.350 e. The van der Waals surface area contributed by atoms with Gasteiger partial charge in [0.25, 0.3) is 5.91 Å². The molecular formula is C24H32N2O3S. The average Bonchev–Trinajstić information content (AvgIpc) is 2.77. The first-order chi connectivity index (χ1) is 14.5. The van der Waals surface area contributed by atoms with Crippen molar-refractivity contribution in [1.82, 2.24) is 10.2 Å². The summed E-state index contributed by atoms with van der Waals surface area (Å²) >= 11 is 0. The Morgan fingerprint density at radius 1 is 1.10 bits per heavy atom. The zero-order valence-electron chi connectivity index (χ0n) is 17.7. The van der Waals surface area contributed by atoms with E-state index >= 15 is 0 Å². The van der Waals surface area contributed by atoms with E-state index in [0.717, 1.165) is 19.5 Å². The Morgan fingerprint density at radius 3 is 2.67 bits per heavy atom. The van der Waals surface area contributed by atoms with Crippen molar-refractivity contribution in [2.75, 3.05) is 19.6 Å². The molecule has 0 saturated carbocycles. The summed E-state index contributed by atoms with van der Waals surface area (Å²) in [7, 11) is -3.44. The molecule has 1 aliphatic rings. The number of nitrogens with zero attached hydrogens (tertiary/aromatic N) is 1. The molecule has 0 aromatic heterocycles. The zero-order chi connectivity index (χ0) is 21.4. The van der Waals surface area contributed by atoms with E-state index in [2.05, 4.69) is 17.1 Å². The summed E-state index contributed by atoms with van der Waals surface area (Å²) in [6.07, 6.45) is 5.90. The Labute approximate surface area is 180 Å². The monoisotopic (exact) mass is 428 g/mol. The second-order valence-corrected chi connectivity index (χ2v) is 10.0. The van der Waals surface area contributed by atoms with Crippen LogP contribution in [0.3, 0.4) is 0 Å². The lowest BCUT2D eigenvalue weighted by molar-refractivity contribution is 0.0912. The quantitative estimate of drug-likeness (QED) is 0.654. The van der Waals surface area contributed by atoms with Crippen molar-refractivity contribution in [2.24, 2.45) is 0 Å². The Hall–Kier alpha value is -2.18. The van der Waals surface area contributed by atoms with E-state index in [1.54, 1.807) is 54.6 Å². The van der Waals surface area contributed by atoms with E-state index in [1.807, 2.05) is 0 Å². The minimum atomic E-state index is -3.44. The van der Waals surface area contributed by atoms with Crippen LogP contribution in [-0.2, 0) is 15.6 Å². The molecule has 1 atom stereocenters. The van der Waals surface area contributed by atoms with Gasteiger partial charge in [-0.1, -0.05) is 50.1 Å². The molecule has 1 fully saturated rings. The number of likely N-dealkylation sites (tertiary alicyclic amines) is 1. The molecule has 3 rings (SSSR count). The van der Waals surface area contributed by atoms with E-state index in [9.17, 15) is 13.2 Å². The summed E-state index contributed by atoms with van der Waals surface area (Å²) in [5, 5.41) is 3.07. The van der Waals surface area contributed by atoms with Crippen LogP contribution >= 0.6 is 0 Å². The number of hydrogen-bond donors (Lipinski definition) is 1. The van der Waals surface area contributed by atoms with Gasteiger partial charge in [-0.2, -0.15) is 0 Å². The second kappa shape index (κ2) is 10.7. The molecule has 0 bridgehead atoms. The summed E-state index contributed by atoms with van der Waals surface area (Å²) in [4.78, 5) is 15.5. The molecule has 0 radical (unpaired) electrons. The zero-order valence-corrected chi connectivity index (χ0v) is 18.5. The summed E-state index contributed by atoms with van der Waals surface area (Å²) in [5.74, 6) is -0.263. The predicted molar refractivity (Wildman–Crippen MR) is 120 cm³/mol. The predicted octanol–water partition coefficient (Wildman–Crippen LogP) is 4.04. The van der Waals surface area contributed by atoms with Crippen molar-refractivity contribution in [3.8, 4) is 0 Å². The van der Waals surface area contributed by atoms with E-state index in [4.69, 9.17) is 0 Å². The van der Waals surface area contributed by atoms with Gasteiger partial charge < -0.3 is 5.32 Å². The minimum absolute atomic E-state index is 0.119. The lowest BCUT2D eigenvalue weighted by Crippen LogP contribution is -2.47. The van der Waals surface area contributed by atoms with Crippen molar-refractivity contribution in [3.63, 3.8) is 0 Å². The van der Waals surface area contributed by atoms with Gasteiger partial charge >= 0.3 is 0 Å². The number of unbranched alkanes of at least 4 members (excludes halogenated alkanes) is 1. The third kappa shape index (κ3) is 6.16. The largest absolute Gasteiger partial charge is 0.350 e. The number of rotatable bonds is 9. The molecule has 0 spiro atoms. The third-order valence-electron chi connectivity index (χ3n) is 5.69. The van der Waals surface area contributed by atoms with Gasteiger partial charge in [0.15, 0.2) is 9.84 Å². The molecule has 162 valence electrons. The summed E-state index contributed by atoms with van der Waals surface area (Å²) in [6.45, 7) is 5.03. The maximum absolute atomic E-state index is 12.7. The third-order valence-corrected chi connectivity index (χ3v) is 7.40. The summed E-state index contributed by atoms with van der Waals surface area (Å²) < 4.78 is 25.3. The molecule has 2 aromatic rings. The van der Waals surface area contributed by atoms with Gasteiger partial charge in [-0.05, 0) is 62.2 Å². The molecule has 30 heavy (non-hydrogen) atoms. The van der Waals surface area contributed by atoms with Gasteiger partial charge in [0.1, 0.15) is 0 Å². The van der Waals surface area contributed by atoms with E-state index in [-0.39, 0.29) is 11.7 Å². The molecule has 1 heterocycles. The number of nitrogens with one attached hydrogen (secondary N) is 1. The van der Waals surface area contributed by atoms with Crippen LogP contribution in [0.4, 0.5) is 0 Å². The first-order valence-electron chi connectivity index (χ1n) is 10.9. The van der Waals surface area contributed by atoms with E-state index < -0.39 is 9.84 Å². The molecule has 1 N–H and O–H groups in total. The fraction of sp³-hybridized carbons (Fsp3) is 0.458. The molecule has 6 heteroatoms. The average molecular weight is 429 g/mol. The van der Waals surface area contributed by atoms with Crippen LogP contribution in [0.2, 0.25) is 0 Å². The van der Waals surface area contributed by atoms with Crippen LogP contribution in [0.15, 0.2) is 59.5 Å². The maximum atomic E-state index is 12.7. The van der Waals surface area contributed by atoms with E-state index in [0.29, 0.717) is 28.6 Å². The van der Waals surface area contributed by atoms with Crippen molar-refractivity contribution < 1.29 is 13.2 Å². The topological polar surface area (TPSA) is 66.5 Å². The van der Waals surface area contributed by atoms with Gasteiger partial charge in [-0.15, -0.1) is 0 Å². The highest BCUT2D eigenvalue weighted by Gasteiger charge is 2.22. The highest BCUT2D eigenvalue weighted by molar-refractivity contribution is 7.90. The maximum Gasteiger partial charge on any atom is 0.251 e. The number of carbonyl (C=O) groups is 1. The summed E-state index contributed by atoms with van der Waals surface area (Å²) in [6, 6.07) is 15.7. The molecule has 1 unspecified atom stereocenters. The van der Waals surface area contributed by atoms with Crippen LogP contribution in [-0.4, -0.2) is 44.9 Å². The van der Waals surface area contributed by atoms with Crippen LogP contribution in [0, 0.1) is 0 Å². The Kier molecular flexibility index (Phi) is 8.05. The number of piperidine rings is 1. The van der Waals surface area contributed by atoms with Gasteiger partial charge in [-0.25, -0.2) is 8.42 Å². The number of amides is 1. The van der Waals surface area contributed by atoms with Crippen LogP contribution in [0.1, 0.15) is 54.9 Å².